The van der Waals surface area contributed by atoms with Crippen molar-refractivity contribution in [2.24, 2.45) is 0 Å². The van der Waals surface area contributed by atoms with Gasteiger partial charge in [0.1, 0.15) is 0 Å². The molecule has 0 saturated heterocycles. The molecular weight excluding hydrogens is 388 g/mol. The Bertz CT molecular complexity index is 883. The maximum Gasteiger partial charge on any atom is 0.338 e. The average molecular weight is 411 g/mol. The molecule has 7 nitrogen and oxygen atoms in total. The molecule has 0 unspecified atom stereocenters. The van der Waals surface area contributed by atoms with Crippen LogP contribution in [0.1, 0.15) is 36.0 Å². The number of rotatable bonds is 7. The second-order valence-electron chi connectivity index (χ2n) is 6.81. The quantitative estimate of drug-likeness (QED) is 0.682. The topological polar surface area (TPSA) is 102 Å². The summed E-state index contributed by atoms with van der Waals surface area (Å²) in [7, 11) is -3.68. The van der Waals surface area contributed by atoms with Crippen molar-refractivity contribution in [3.05, 3.63) is 52.2 Å². The van der Waals surface area contributed by atoms with Crippen LogP contribution in [0.3, 0.4) is 0 Å². The predicted octanol–water partition coefficient (Wildman–Crippen LogP) is 2.30. The summed E-state index contributed by atoms with van der Waals surface area (Å²) in [6.07, 6.45) is 0. The molecule has 1 heterocycles. The van der Waals surface area contributed by atoms with E-state index in [2.05, 4.69) is 10.0 Å². The lowest BCUT2D eigenvalue weighted by molar-refractivity contribution is -0.124. The first-order valence-corrected chi connectivity index (χ1v) is 10.5. The molecule has 2 aromatic rings. The molecule has 0 spiro atoms. The maximum absolute atomic E-state index is 12.2. The van der Waals surface area contributed by atoms with Crippen LogP contribution in [0, 0.1) is 0 Å². The number of sulfonamides is 1. The van der Waals surface area contributed by atoms with Crippen molar-refractivity contribution in [3.8, 4) is 0 Å². The summed E-state index contributed by atoms with van der Waals surface area (Å²) >= 11 is 1.52. The molecule has 1 aromatic heterocycles. The predicted molar refractivity (Wildman–Crippen MR) is 103 cm³/mol. The lowest BCUT2D eigenvalue weighted by Gasteiger charge is -2.20. The summed E-state index contributed by atoms with van der Waals surface area (Å²) in [5.74, 6) is -1.11. The second kappa shape index (κ2) is 8.64. The minimum atomic E-state index is -3.68. The molecule has 1 aromatic carbocycles. The molecule has 0 fully saturated rings. The minimum Gasteiger partial charge on any atom is -0.452 e. The molecular formula is C18H22N2O5S2. The standard InChI is InChI=1S/C18H22N2O5S2/c1-18(2,3)20-27(23,24)15-8-6-13(7-9-15)17(22)25-12-16(21)19-11-14-5-4-10-26-14/h4-10,20H,11-12H2,1-3H3,(H,19,21). The Morgan fingerprint density at radius 1 is 1.11 bits per heavy atom. The number of ether oxygens (including phenoxy) is 1. The third kappa shape index (κ3) is 6.78. The molecule has 146 valence electrons. The van der Waals surface area contributed by atoms with Crippen molar-refractivity contribution >= 4 is 33.2 Å². The highest BCUT2D eigenvalue weighted by molar-refractivity contribution is 7.89. The van der Waals surface area contributed by atoms with Crippen molar-refractivity contribution in [1.82, 2.24) is 10.0 Å². The van der Waals surface area contributed by atoms with Gasteiger partial charge in [-0.3, -0.25) is 4.79 Å². The number of thiophene rings is 1. The molecule has 9 heteroatoms. The normalized spacial score (nSPS) is 11.8. The highest BCUT2D eigenvalue weighted by Crippen LogP contribution is 2.14. The Labute approximate surface area is 162 Å². The summed E-state index contributed by atoms with van der Waals surface area (Å²) in [5, 5.41) is 4.55. The van der Waals surface area contributed by atoms with Gasteiger partial charge in [-0.15, -0.1) is 11.3 Å². The maximum atomic E-state index is 12.2. The van der Waals surface area contributed by atoms with E-state index in [0.29, 0.717) is 6.54 Å². The van der Waals surface area contributed by atoms with Crippen molar-refractivity contribution < 1.29 is 22.7 Å². The summed E-state index contributed by atoms with van der Waals surface area (Å²) in [5.41, 5.74) is -0.455. The number of carbonyl (C=O) groups excluding carboxylic acids is 2. The van der Waals surface area contributed by atoms with Crippen LogP contribution in [-0.4, -0.2) is 32.4 Å². The van der Waals surface area contributed by atoms with E-state index in [0.717, 1.165) is 4.88 Å². The molecule has 0 aliphatic carbocycles. The van der Waals surface area contributed by atoms with Crippen LogP contribution in [0.2, 0.25) is 0 Å². The molecule has 1 amide bonds. The van der Waals surface area contributed by atoms with E-state index < -0.39 is 34.0 Å². The highest BCUT2D eigenvalue weighted by Gasteiger charge is 2.22. The molecule has 2 rings (SSSR count). The number of hydrogen-bond acceptors (Lipinski definition) is 6. The molecule has 27 heavy (non-hydrogen) atoms. The van der Waals surface area contributed by atoms with E-state index in [1.807, 2.05) is 17.5 Å². The van der Waals surface area contributed by atoms with Crippen molar-refractivity contribution in [2.45, 2.75) is 37.8 Å². The van der Waals surface area contributed by atoms with E-state index in [1.165, 1.54) is 35.6 Å². The fraction of sp³-hybridized carbons (Fsp3) is 0.333. The molecule has 0 aliphatic heterocycles. The number of carbonyl (C=O) groups is 2. The molecule has 0 atom stereocenters. The lowest BCUT2D eigenvalue weighted by Crippen LogP contribution is -2.40. The van der Waals surface area contributed by atoms with Gasteiger partial charge in [0.15, 0.2) is 6.61 Å². The monoisotopic (exact) mass is 410 g/mol. The average Bonchev–Trinajstić information content (AvgIpc) is 3.09. The number of nitrogens with one attached hydrogen (secondary N) is 2. The van der Waals surface area contributed by atoms with Crippen LogP contribution in [0.25, 0.3) is 0 Å². The number of benzene rings is 1. The van der Waals surface area contributed by atoms with Gasteiger partial charge < -0.3 is 10.1 Å². The second-order valence-corrected chi connectivity index (χ2v) is 9.53. The van der Waals surface area contributed by atoms with Crippen molar-refractivity contribution in [3.63, 3.8) is 0 Å². The Morgan fingerprint density at radius 3 is 2.33 bits per heavy atom. The molecule has 0 bridgehead atoms. The Balaban J connectivity index is 1.88. The van der Waals surface area contributed by atoms with Gasteiger partial charge in [-0.25, -0.2) is 17.9 Å². The van der Waals surface area contributed by atoms with Gasteiger partial charge in [-0.05, 0) is 56.5 Å². The van der Waals surface area contributed by atoms with Crippen LogP contribution in [0.4, 0.5) is 0 Å². The molecule has 0 radical (unpaired) electrons. The Hall–Kier alpha value is -2.23. The first-order valence-electron chi connectivity index (χ1n) is 8.17. The van der Waals surface area contributed by atoms with Gasteiger partial charge >= 0.3 is 5.97 Å². The van der Waals surface area contributed by atoms with E-state index in [-0.39, 0.29) is 10.5 Å². The van der Waals surface area contributed by atoms with Gasteiger partial charge in [0.2, 0.25) is 10.0 Å². The third-order valence-electron chi connectivity index (χ3n) is 3.22. The van der Waals surface area contributed by atoms with Crippen LogP contribution >= 0.6 is 11.3 Å². The SMILES string of the molecule is CC(C)(C)NS(=O)(=O)c1ccc(C(=O)OCC(=O)NCc2cccs2)cc1. The van der Waals surface area contributed by atoms with E-state index in [1.54, 1.807) is 20.8 Å². The Kier molecular flexibility index (Phi) is 6.74. The zero-order valence-corrected chi connectivity index (χ0v) is 16.9. The zero-order chi connectivity index (χ0) is 20.1. The first kappa shape index (κ1) is 21.1. The van der Waals surface area contributed by atoms with Crippen LogP contribution in [0.5, 0.6) is 0 Å². The summed E-state index contributed by atoms with van der Waals surface area (Å²) < 4.78 is 32.0. The number of amides is 1. The van der Waals surface area contributed by atoms with Crippen molar-refractivity contribution in [1.29, 1.82) is 0 Å². The Morgan fingerprint density at radius 2 is 1.78 bits per heavy atom. The summed E-state index contributed by atoms with van der Waals surface area (Å²) in [6, 6.07) is 9.11. The van der Waals surface area contributed by atoms with Gasteiger partial charge in [0, 0.05) is 10.4 Å². The number of hydrogen-bond donors (Lipinski definition) is 2. The minimum absolute atomic E-state index is 0.0441. The van der Waals surface area contributed by atoms with Crippen LogP contribution in [0.15, 0.2) is 46.7 Å². The summed E-state index contributed by atoms with van der Waals surface area (Å²) in [4.78, 5) is 24.8. The highest BCUT2D eigenvalue weighted by atomic mass is 32.2. The fourth-order valence-corrected chi connectivity index (χ4v) is 4.16. The fourth-order valence-electron chi connectivity index (χ4n) is 2.10. The molecule has 0 aliphatic rings. The van der Waals surface area contributed by atoms with Crippen molar-refractivity contribution in [2.75, 3.05) is 6.61 Å². The smallest absolute Gasteiger partial charge is 0.338 e. The third-order valence-corrected chi connectivity index (χ3v) is 5.87. The van der Waals surface area contributed by atoms with Gasteiger partial charge in [-0.2, -0.15) is 0 Å². The van der Waals surface area contributed by atoms with E-state index >= 15 is 0 Å². The van der Waals surface area contributed by atoms with E-state index in [4.69, 9.17) is 4.74 Å². The largest absolute Gasteiger partial charge is 0.452 e. The van der Waals surface area contributed by atoms with Crippen LogP contribution in [-0.2, 0) is 26.1 Å². The van der Waals surface area contributed by atoms with Gasteiger partial charge in [0.25, 0.3) is 5.91 Å². The van der Waals surface area contributed by atoms with E-state index in [9.17, 15) is 18.0 Å². The number of esters is 1. The lowest BCUT2D eigenvalue weighted by atomic mass is 10.1. The molecule has 2 N–H and O–H groups in total. The van der Waals surface area contributed by atoms with Gasteiger partial charge in [-0.1, -0.05) is 6.07 Å². The molecule has 0 saturated carbocycles. The first-order chi connectivity index (χ1) is 12.6. The van der Waals surface area contributed by atoms with Gasteiger partial charge in [0.05, 0.1) is 17.0 Å². The summed E-state index contributed by atoms with van der Waals surface area (Å²) in [6.45, 7) is 5.18. The zero-order valence-electron chi connectivity index (χ0n) is 15.3. The van der Waals surface area contributed by atoms with Crippen LogP contribution < -0.4 is 10.0 Å².